The fourth-order valence-corrected chi connectivity index (χ4v) is 4.22. The highest BCUT2D eigenvalue weighted by molar-refractivity contribution is 7.98. The summed E-state index contributed by atoms with van der Waals surface area (Å²) in [4.78, 5) is 13.5. The van der Waals surface area contributed by atoms with Crippen LogP contribution in [0.2, 0.25) is 0 Å². The van der Waals surface area contributed by atoms with Gasteiger partial charge in [-0.15, -0.1) is 21.5 Å². The Hall–Kier alpha value is -3.04. The van der Waals surface area contributed by atoms with E-state index in [9.17, 15) is 0 Å². The van der Waals surface area contributed by atoms with Crippen LogP contribution in [0.5, 0.6) is 11.6 Å². The molecule has 7 nitrogen and oxygen atoms in total. The molecule has 1 aromatic carbocycles. The summed E-state index contributed by atoms with van der Waals surface area (Å²) in [6, 6.07) is 13.7. The molecule has 0 spiro atoms. The Morgan fingerprint density at radius 3 is 2.74 bits per heavy atom. The average molecular weight is 451 g/mol. The van der Waals surface area contributed by atoms with Gasteiger partial charge in [-0.1, -0.05) is 24.3 Å². The van der Waals surface area contributed by atoms with E-state index in [1.165, 1.54) is 0 Å². The second-order valence-corrected chi connectivity index (χ2v) is 8.76. The number of rotatable bonds is 10. The van der Waals surface area contributed by atoms with Crippen LogP contribution >= 0.6 is 23.1 Å². The normalized spacial score (nSPS) is 10.7. The lowest BCUT2D eigenvalue weighted by atomic mass is 10.1. The quantitative estimate of drug-likeness (QED) is 0.346. The third kappa shape index (κ3) is 6.47. The smallest absolute Gasteiger partial charge is 0.227 e. The van der Waals surface area contributed by atoms with Crippen LogP contribution in [0.15, 0.2) is 60.4 Å². The van der Waals surface area contributed by atoms with Crippen LogP contribution in [-0.2, 0) is 12.2 Å². The second-order valence-electron chi connectivity index (χ2n) is 6.74. The Morgan fingerprint density at radius 2 is 1.97 bits per heavy atom. The third-order valence-corrected chi connectivity index (χ3v) is 6.16. The van der Waals surface area contributed by atoms with Gasteiger partial charge in [-0.05, 0) is 30.7 Å². The molecule has 0 saturated carbocycles. The number of pyridine rings is 1. The van der Waals surface area contributed by atoms with Crippen LogP contribution in [-0.4, -0.2) is 37.4 Å². The van der Waals surface area contributed by atoms with E-state index < -0.39 is 0 Å². The molecule has 4 rings (SSSR count). The van der Waals surface area contributed by atoms with E-state index in [1.54, 1.807) is 28.6 Å². The van der Waals surface area contributed by atoms with Crippen LogP contribution in [0.25, 0.3) is 0 Å². The van der Waals surface area contributed by atoms with Crippen molar-refractivity contribution < 1.29 is 4.74 Å². The Morgan fingerprint density at radius 1 is 1.06 bits per heavy atom. The van der Waals surface area contributed by atoms with Crippen molar-refractivity contribution in [1.29, 1.82) is 0 Å². The van der Waals surface area contributed by atoms with Gasteiger partial charge >= 0.3 is 0 Å². The van der Waals surface area contributed by atoms with Gasteiger partial charge in [-0.3, -0.25) is 4.98 Å². The van der Waals surface area contributed by atoms with Crippen LogP contribution < -0.4 is 10.1 Å². The number of aryl methyl sites for hydroxylation is 1. The highest BCUT2D eigenvalue weighted by Crippen LogP contribution is 2.26. The first-order valence-electron chi connectivity index (χ1n) is 9.83. The maximum atomic E-state index is 6.09. The number of hydrogen-bond acceptors (Lipinski definition) is 9. The Bertz CT molecular complexity index is 1080. The highest BCUT2D eigenvalue weighted by atomic mass is 32.2. The fraction of sp³-hybridized carbons (Fsp3) is 0.227. The van der Waals surface area contributed by atoms with Gasteiger partial charge in [-0.25, -0.2) is 4.98 Å². The molecule has 0 aliphatic carbocycles. The zero-order valence-electron chi connectivity index (χ0n) is 17.1. The minimum Gasteiger partial charge on any atom is -0.439 e. The molecule has 1 N–H and O–H groups in total. The number of anilines is 1. The lowest BCUT2D eigenvalue weighted by Gasteiger charge is -2.12. The SMILES string of the molecule is Cc1ccc(Cc2cnc(NCCSCc3nncs3)nc2Oc2ccccc2)cn1. The number of benzene rings is 1. The number of nitrogens with one attached hydrogen (secondary N) is 1. The maximum Gasteiger partial charge on any atom is 0.227 e. The summed E-state index contributed by atoms with van der Waals surface area (Å²) in [5, 5.41) is 12.2. The minimum atomic E-state index is 0.547. The predicted octanol–water partition coefficient (Wildman–Crippen LogP) is 4.76. The standard InChI is InChI=1S/C22H22N6OS2/c1-16-7-8-17(12-24-16)11-18-13-25-22(23-9-10-30-14-20-28-26-15-31-20)27-21(18)29-19-5-3-2-4-6-19/h2-8,12-13,15H,9-11,14H2,1H3,(H,23,25,27). The highest BCUT2D eigenvalue weighted by Gasteiger charge is 2.11. The van der Waals surface area contributed by atoms with Crippen molar-refractivity contribution in [3.8, 4) is 11.6 Å². The van der Waals surface area contributed by atoms with Crippen LogP contribution in [0, 0.1) is 6.92 Å². The molecule has 0 saturated heterocycles. The average Bonchev–Trinajstić information content (AvgIpc) is 3.31. The predicted molar refractivity (Wildman–Crippen MR) is 125 cm³/mol. The van der Waals surface area contributed by atoms with Gasteiger partial charge in [0.1, 0.15) is 16.3 Å². The topological polar surface area (TPSA) is 85.7 Å². The van der Waals surface area contributed by atoms with E-state index in [-0.39, 0.29) is 0 Å². The molecule has 4 aromatic rings. The van der Waals surface area contributed by atoms with E-state index in [2.05, 4.69) is 36.5 Å². The van der Waals surface area contributed by atoms with E-state index in [0.29, 0.717) is 18.2 Å². The molecule has 158 valence electrons. The van der Waals surface area contributed by atoms with Gasteiger partial charge in [0.15, 0.2) is 0 Å². The number of hydrogen-bond donors (Lipinski definition) is 1. The van der Waals surface area contributed by atoms with E-state index in [4.69, 9.17) is 4.74 Å². The molecule has 0 atom stereocenters. The molecule has 0 fully saturated rings. The van der Waals surface area contributed by atoms with E-state index in [1.807, 2.05) is 55.7 Å². The number of ether oxygens (including phenoxy) is 1. The van der Waals surface area contributed by atoms with Gasteiger partial charge in [0.25, 0.3) is 0 Å². The Kier molecular flexibility index (Phi) is 7.41. The summed E-state index contributed by atoms with van der Waals surface area (Å²) in [6.45, 7) is 2.72. The first-order valence-corrected chi connectivity index (χ1v) is 11.9. The summed E-state index contributed by atoms with van der Waals surface area (Å²) in [7, 11) is 0. The molecule has 3 aromatic heterocycles. The minimum absolute atomic E-state index is 0.547. The van der Waals surface area contributed by atoms with Crippen molar-refractivity contribution in [2.24, 2.45) is 0 Å². The van der Waals surface area contributed by atoms with Gasteiger partial charge in [-0.2, -0.15) is 16.7 Å². The van der Waals surface area contributed by atoms with Gasteiger partial charge in [0.2, 0.25) is 11.8 Å². The molecular weight excluding hydrogens is 428 g/mol. The zero-order valence-corrected chi connectivity index (χ0v) is 18.7. The van der Waals surface area contributed by atoms with E-state index in [0.717, 1.165) is 45.6 Å². The molecular formula is C22H22N6OS2. The lowest BCUT2D eigenvalue weighted by Crippen LogP contribution is -2.09. The molecule has 0 aliphatic heterocycles. The summed E-state index contributed by atoms with van der Waals surface area (Å²) in [5.74, 6) is 3.61. The molecule has 0 unspecified atom stereocenters. The van der Waals surface area contributed by atoms with Crippen LogP contribution in [0.4, 0.5) is 5.95 Å². The molecule has 0 aliphatic rings. The number of thioether (sulfide) groups is 1. The first-order chi connectivity index (χ1) is 15.3. The number of nitrogens with zero attached hydrogens (tertiary/aromatic N) is 5. The van der Waals surface area contributed by atoms with Crippen molar-refractivity contribution in [3.63, 3.8) is 0 Å². The largest absolute Gasteiger partial charge is 0.439 e. The van der Waals surface area contributed by atoms with Gasteiger partial charge in [0.05, 0.1) is 0 Å². The van der Waals surface area contributed by atoms with Crippen molar-refractivity contribution in [1.82, 2.24) is 25.1 Å². The van der Waals surface area contributed by atoms with Crippen LogP contribution in [0.3, 0.4) is 0 Å². The zero-order chi connectivity index (χ0) is 21.3. The fourth-order valence-electron chi connectivity index (χ4n) is 2.76. The first kappa shape index (κ1) is 21.2. The molecule has 0 radical (unpaired) electrons. The van der Waals surface area contributed by atoms with Gasteiger partial charge < -0.3 is 10.1 Å². The summed E-state index contributed by atoms with van der Waals surface area (Å²) >= 11 is 3.37. The third-order valence-electron chi connectivity index (χ3n) is 4.31. The monoisotopic (exact) mass is 450 g/mol. The van der Waals surface area contributed by atoms with Crippen molar-refractivity contribution in [2.45, 2.75) is 19.1 Å². The van der Waals surface area contributed by atoms with Crippen LogP contribution in [0.1, 0.15) is 21.8 Å². The second kappa shape index (κ2) is 10.8. The molecule has 3 heterocycles. The number of aromatic nitrogens is 5. The van der Waals surface area contributed by atoms with Crippen molar-refractivity contribution >= 4 is 29.0 Å². The molecule has 0 bridgehead atoms. The van der Waals surface area contributed by atoms with Crippen molar-refractivity contribution in [2.75, 3.05) is 17.6 Å². The van der Waals surface area contributed by atoms with Gasteiger partial charge in [0, 0.05) is 48.1 Å². The summed E-state index contributed by atoms with van der Waals surface area (Å²) < 4.78 is 6.09. The molecule has 9 heteroatoms. The molecule has 31 heavy (non-hydrogen) atoms. The maximum absolute atomic E-state index is 6.09. The Balaban J connectivity index is 1.42. The summed E-state index contributed by atoms with van der Waals surface area (Å²) in [6.07, 6.45) is 4.35. The lowest BCUT2D eigenvalue weighted by molar-refractivity contribution is 0.456. The van der Waals surface area contributed by atoms with E-state index >= 15 is 0 Å². The Labute approximate surface area is 189 Å². The molecule has 0 amide bonds. The van der Waals surface area contributed by atoms with Crippen molar-refractivity contribution in [3.05, 3.63) is 82.2 Å². The number of para-hydroxylation sites is 1. The summed E-state index contributed by atoms with van der Waals surface area (Å²) in [5.41, 5.74) is 4.74.